The number of hydrogen-bond donors (Lipinski definition) is 2. The summed E-state index contributed by atoms with van der Waals surface area (Å²) in [4.78, 5) is 0. The first-order chi connectivity index (χ1) is 9.93. The topological polar surface area (TPSA) is 38.0 Å². The molecular weight excluding hydrogens is 284 g/mol. The fourth-order valence-electron chi connectivity index (χ4n) is 2.15. The van der Waals surface area contributed by atoms with Gasteiger partial charge in [0.15, 0.2) is 0 Å². The standard InChI is InChI=1S/C15H14F4N2/c1-8-2-5-11(17)14(15(8)19)13(21-20)6-9-3-4-10(16)7-12(9)18/h2-5,7,13,21H,6,20H2,1H3. The summed E-state index contributed by atoms with van der Waals surface area (Å²) in [7, 11) is 0. The van der Waals surface area contributed by atoms with Crippen molar-refractivity contribution in [2.75, 3.05) is 0 Å². The molecule has 0 saturated carbocycles. The molecule has 2 nitrogen and oxygen atoms in total. The van der Waals surface area contributed by atoms with Crippen molar-refractivity contribution >= 4 is 0 Å². The lowest BCUT2D eigenvalue weighted by atomic mass is 9.96. The number of nitrogens with one attached hydrogen (secondary N) is 1. The van der Waals surface area contributed by atoms with Crippen LogP contribution in [0, 0.1) is 30.2 Å². The van der Waals surface area contributed by atoms with Crippen molar-refractivity contribution in [1.82, 2.24) is 5.43 Å². The largest absolute Gasteiger partial charge is 0.271 e. The Kier molecular flexibility index (Phi) is 4.59. The molecule has 0 bridgehead atoms. The Balaban J connectivity index is 2.39. The monoisotopic (exact) mass is 298 g/mol. The predicted octanol–water partition coefficient (Wildman–Crippen LogP) is 3.30. The fraction of sp³-hybridized carbons (Fsp3) is 0.200. The van der Waals surface area contributed by atoms with Gasteiger partial charge in [0, 0.05) is 11.6 Å². The predicted molar refractivity (Wildman–Crippen MR) is 71.2 cm³/mol. The second-order valence-electron chi connectivity index (χ2n) is 4.75. The molecule has 0 fully saturated rings. The molecule has 0 heterocycles. The van der Waals surface area contributed by atoms with E-state index in [0.29, 0.717) is 6.07 Å². The molecule has 2 rings (SSSR count). The summed E-state index contributed by atoms with van der Waals surface area (Å²) >= 11 is 0. The zero-order valence-electron chi connectivity index (χ0n) is 11.3. The highest BCUT2D eigenvalue weighted by Gasteiger charge is 2.22. The van der Waals surface area contributed by atoms with Crippen LogP contribution in [0.2, 0.25) is 0 Å². The van der Waals surface area contributed by atoms with Gasteiger partial charge in [-0.1, -0.05) is 12.1 Å². The van der Waals surface area contributed by atoms with Crippen molar-refractivity contribution in [3.63, 3.8) is 0 Å². The first-order valence-corrected chi connectivity index (χ1v) is 6.28. The third-order valence-electron chi connectivity index (χ3n) is 3.31. The second-order valence-corrected chi connectivity index (χ2v) is 4.75. The van der Waals surface area contributed by atoms with Crippen molar-refractivity contribution < 1.29 is 17.6 Å². The molecule has 112 valence electrons. The first-order valence-electron chi connectivity index (χ1n) is 6.28. The summed E-state index contributed by atoms with van der Waals surface area (Å²) in [5.74, 6) is 2.32. The third kappa shape index (κ3) is 3.22. The van der Waals surface area contributed by atoms with Gasteiger partial charge in [0.2, 0.25) is 0 Å². The fourth-order valence-corrected chi connectivity index (χ4v) is 2.15. The average Bonchev–Trinajstić information content (AvgIpc) is 2.44. The molecule has 0 aliphatic carbocycles. The van der Waals surface area contributed by atoms with E-state index in [4.69, 9.17) is 5.84 Å². The van der Waals surface area contributed by atoms with Crippen molar-refractivity contribution in [3.05, 3.63) is 70.3 Å². The molecule has 0 radical (unpaired) electrons. The SMILES string of the molecule is Cc1ccc(F)c(C(Cc2ccc(F)cc2F)NN)c1F. The van der Waals surface area contributed by atoms with E-state index in [-0.39, 0.29) is 23.1 Å². The van der Waals surface area contributed by atoms with Crippen LogP contribution in [0.3, 0.4) is 0 Å². The second kappa shape index (κ2) is 6.24. The van der Waals surface area contributed by atoms with E-state index in [1.807, 2.05) is 0 Å². The number of halogens is 4. The maximum Gasteiger partial charge on any atom is 0.133 e. The maximum absolute atomic E-state index is 14.1. The Morgan fingerprint density at radius 3 is 2.38 bits per heavy atom. The Labute approximate surface area is 119 Å². The summed E-state index contributed by atoms with van der Waals surface area (Å²) in [5, 5.41) is 0. The van der Waals surface area contributed by atoms with Crippen LogP contribution in [-0.2, 0) is 6.42 Å². The molecular formula is C15H14F4N2. The van der Waals surface area contributed by atoms with E-state index in [1.165, 1.54) is 19.1 Å². The van der Waals surface area contributed by atoms with Crippen LogP contribution in [0.25, 0.3) is 0 Å². The number of hydrogen-bond acceptors (Lipinski definition) is 2. The van der Waals surface area contributed by atoms with Gasteiger partial charge in [-0.25, -0.2) is 17.6 Å². The normalized spacial score (nSPS) is 12.5. The molecule has 0 spiro atoms. The van der Waals surface area contributed by atoms with Gasteiger partial charge in [0.1, 0.15) is 23.3 Å². The summed E-state index contributed by atoms with van der Waals surface area (Å²) in [6, 6.07) is 4.48. The molecule has 1 atom stereocenters. The van der Waals surface area contributed by atoms with Crippen LogP contribution >= 0.6 is 0 Å². The van der Waals surface area contributed by atoms with Gasteiger partial charge in [-0.3, -0.25) is 11.3 Å². The molecule has 6 heteroatoms. The minimum atomic E-state index is -0.968. The highest BCUT2D eigenvalue weighted by Crippen LogP contribution is 2.26. The third-order valence-corrected chi connectivity index (χ3v) is 3.31. The molecule has 2 aromatic carbocycles. The molecule has 3 N–H and O–H groups in total. The number of hydrazine groups is 1. The van der Waals surface area contributed by atoms with E-state index >= 15 is 0 Å². The van der Waals surface area contributed by atoms with Crippen molar-refractivity contribution in [2.45, 2.75) is 19.4 Å². The van der Waals surface area contributed by atoms with Crippen molar-refractivity contribution in [1.29, 1.82) is 0 Å². The van der Waals surface area contributed by atoms with Crippen LogP contribution in [0.5, 0.6) is 0 Å². The van der Waals surface area contributed by atoms with E-state index in [1.54, 1.807) is 0 Å². The Morgan fingerprint density at radius 2 is 1.76 bits per heavy atom. The molecule has 0 aromatic heterocycles. The number of rotatable bonds is 4. The van der Waals surface area contributed by atoms with Gasteiger partial charge >= 0.3 is 0 Å². The number of benzene rings is 2. The zero-order chi connectivity index (χ0) is 15.6. The first kappa shape index (κ1) is 15.5. The van der Waals surface area contributed by atoms with Gasteiger partial charge in [-0.15, -0.1) is 0 Å². The highest BCUT2D eigenvalue weighted by atomic mass is 19.1. The minimum absolute atomic E-state index is 0.111. The quantitative estimate of drug-likeness (QED) is 0.516. The lowest BCUT2D eigenvalue weighted by Gasteiger charge is -2.19. The Bertz CT molecular complexity index is 658. The minimum Gasteiger partial charge on any atom is -0.271 e. The summed E-state index contributed by atoms with van der Waals surface area (Å²) < 4.78 is 54.4. The maximum atomic E-state index is 14.1. The average molecular weight is 298 g/mol. The van der Waals surface area contributed by atoms with E-state index < -0.39 is 29.3 Å². The van der Waals surface area contributed by atoms with Crippen LogP contribution in [-0.4, -0.2) is 0 Å². The van der Waals surface area contributed by atoms with Crippen LogP contribution < -0.4 is 11.3 Å². The summed E-state index contributed by atoms with van der Waals surface area (Å²) in [6.45, 7) is 1.49. The molecule has 0 aliphatic rings. The summed E-state index contributed by atoms with van der Waals surface area (Å²) in [5.41, 5.74) is 2.38. The van der Waals surface area contributed by atoms with Gasteiger partial charge in [-0.05, 0) is 36.6 Å². The van der Waals surface area contributed by atoms with E-state index in [9.17, 15) is 17.6 Å². The van der Waals surface area contributed by atoms with Crippen LogP contribution in [0.4, 0.5) is 17.6 Å². The lowest BCUT2D eigenvalue weighted by molar-refractivity contribution is 0.462. The van der Waals surface area contributed by atoms with Crippen molar-refractivity contribution in [3.8, 4) is 0 Å². The van der Waals surface area contributed by atoms with Gasteiger partial charge in [0.05, 0.1) is 6.04 Å². The lowest BCUT2D eigenvalue weighted by Crippen LogP contribution is -2.31. The number of aryl methyl sites for hydroxylation is 1. The van der Waals surface area contributed by atoms with Gasteiger partial charge < -0.3 is 0 Å². The highest BCUT2D eigenvalue weighted by molar-refractivity contribution is 5.31. The Hall–Kier alpha value is -1.92. The molecule has 2 aromatic rings. The van der Waals surface area contributed by atoms with E-state index in [2.05, 4.69) is 5.43 Å². The van der Waals surface area contributed by atoms with Gasteiger partial charge in [-0.2, -0.15) is 0 Å². The van der Waals surface area contributed by atoms with Crippen molar-refractivity contribution in [2.24, 2.45) is 5.84 Å². The molecule has 21 heavy (non-hydrogen) atoms. The Morgan fingerprint density at radius 1 is 1.05 bits per heavy atom. The van der Waals surface area contributed by atoms with Crippen LogP contribution in [0.1, 0.15) is 22.7 Å². The molecule has 0 aliphatic heterocycles. The van der Waals surface area contributed by atoms with E-state index in [0.717, 1.165) is 12.1 Å². The smallest absolute Gasteiger partial charge is 0.133 e. The van der Waals surface area contributed by atoms with Gasteiger partial charge in [0.25, 0.3) is 0 Å². The summed E-state index contributed by atoms with van der Waals surface area (Å²) in [6.07, 6.45) is -0.111. The molecule has 1 unspecified atom stereocenters. The zero-order valence-corrected chi connectivity index (χ0v) is 11.3. The molecule has 0 amide bonds. The molecule has 0 saturated heterocycles. The number of nitrogens with two attached hydrogens (primary N) is 1. The van der Waals surface area contributed by atoms with Crippen LogP contribution in [0.15, 0.2) is 30.3 Å².